The topological polar surface area (TPSA) is 65.0 Å². The Bertz CT molecular complexity index is 652. The summed E-state index contributed by atoms with van der Waals surface area (Å²) in [5, 5.41) is 8.53. The van der Waals surface area contributed by atoms with Crippen LogP contribution in [0.25, 0.3) is 12.2 Å². The fourth-order valence-electron chi connectivity index (χ4n) is 1.87. The van der Waals surface area contributed by atoms with Crippen LogP contribution in [0.4, 0.5) is 4.79 Å². The Balaban J connectivity index is 2.15. The van der Waals surface area contributed by atoms with Gasteiger partial charge in [0.25, 0.3) is 0 Å². The molecule has 2 aromatic rings. The van der Waals surface area contributed by atoms with Gasteiger partial charge in [0.05, 0.1) is 14.2 Å². The molecule has 0 bridgehead atoms. The van der Waals surface area contributed by atoms with Crippen LogP contribution in [0.1, 0.15) is 11.1 Å². The second-order valence-electron chi connectivity index (χ2n) is 4.42. The van der Waals surface area contributed by atoms with Crippen LogP contribution in [0.2, 0.25) is 0 Å². The summed E-state index contributed by atoms with van der Waals surface area (Å²) < 4.78 is 15.0. The minimum Gasteiger partial charge on any atom is -0.497 e. The molecule has 0 aromatic heterocycles. The van der Waals surface area contributed by atoms with E-state index in [4.69, 9.17) is 14.6 Å². The van der Waals surface area contributed by atoms with E-state index in [0.29, 0.717) is 11.5 Å². The Morgan fingerprint density at radius 3 is 1.91 bits per heavy atom. The van der Waals surface area contributed by atoms with Gasteiger partial charge in [0.1, 0.15) is 17.2 Å². The van der Waals surface area contributed by atoms with E-state index < -0.39 is 6.16 Å². The number of methoxy groups -OCH3 is 2. The second kappa shape index (κ2) is 7.17. The first-order valence-corrected chi connectivity index (χ1v) is 6.52. The lowest BCUT2D eigenvalue weighted by Crippen LogP contribution is -2.02. The van der Waals surface area contributed by atoms with Crippen molar-refractivity contribution >= 4 is 18.3 Å². The molecule has 0 atom stereocenters. The molecule has 0 unspecified atom stereocenters. The molecule has 0 fully saturated rings. The van der Waals surface area contributed by atoms with Gasteiger partial charge in [-0.05, 0) is 35.4 Å². The van der Waals surface area contributed by atoms with Crippen molar-refractivity contribution in [2.75, 3.05) is 14.2 Å². The third-order valence-electron chi connectivity index (χ3n) is 2.93. The van der Waals surface area contributed by atoms with Gasteiger partial charge in [-0.25, -0.2) is 4.79 Å². The first-order chi connectivity index (χ1) is 10.6. The third-order valence-corrected chi connectivity index (χ3v) is 2.93. The number of ether oxygens (including phenoxy) is 3. The molecule has 2 aromatic carbocycles. The lowest BCUT2D eigenvalue weighted by atomic mass is 10.1. The largest absolute Gasteiger partial charge is 0.511 e. The molecular formula is C17H16O5. The van der Waals surface area contributed by atoms with Crippen LogP contribution in [-0.2, 0) is 0 Å². The van der Waals surface area contributed by atoms with Crippen molar-refractivity contribution in [3.63, 3.8) is 0 Å². The quantitative estimate of drug-likeness (QED) is 0.515. The predicted molar refractivity (Wildman–Crippen MR) is 83.6 cm³/mol. The molecule has 0 aliphatic carbocycles. The van der Waals surface area contributed by atoms with Crippen molar-refractivity contribution in [2.24, 2.45) is 0 Å². The SMILES string of the molecule is COc1cc(C=Cc2ccc(OC(=O)O)cc2)cc(OC)c1. The highest BCUT2D eigenvalue weighted by atomic mass is 16.7. The van der Waals surface area contributed by atoms with Crippen LogP contribution in [0.3, 0.4) is 0 Å². The summed E-state index contributed by atoms with van der Waals surface area (Å²) in [7, 11) is 3.20. The number of carbonyl (C=O) groups is 1. The van der Waals surface area contributed by atoms with Crippen LogP contribution in [-0.4, -0.2) is 25.5 Å². The molecule has 0 heterocycles. The summed E-state index contributed by atoms with van der Waals surface area (Å²) >= 11 is 0. The number of hydrogen-bond acceptors (Lipinski definition) is 4. The van der Waals surface area contributed by atoms with Gasteiger partial charge < -0.3 is 19.3 Å². The van der Waals surface area contributed by atoms with E-state index in [0.717, 1.165) is 11.1 Å². The zero-order valence-electron chi connectivity index (χ0n) is 12.3. The van der Waals surface area contributed by atoms with Gasteiger partial charge in [-0.2, -0.15) is 0 Å². The number of rotatable bonds is 5. The molecule has 0 saturated heterocycles. The van der Waals surface area contributed by atoms with Crippen molar-refractivity contribution in [1.29, 1.82) is 0 Å². The van der Waals surface area contributed by atoms with Crippen molar-refractivity contribution in [2.45, 2.75) is 0 Å². The minimum atomic E-state index is -1.33. The van der Waals surface area contributed by atoms with E-state index >= 15 is 0 Å². The highest BCUT2D eigenvalue weighted by molar-refractivity contribution is 5.71. The fourth-order valence-corrected chi connectivity index (χ4v) is 1.87. The predicted octanol–water partition coefficient (Wildman–Crippen LogP) is 3.93. The van der Waals surface area contributed by atoms with Gasteiger partial charge in [-0.15, -0.1) is 0 Å². The van der Waals surface area contributed by atoms with Gasteiger partial charge in [-0.3, -0.25) is 0 Å². The van der Waals surface area contributed by atoms with Gasteiger partial charge in [0.15, 0.2) is 0 Å². The van der Waals surface area contributed by atoms with Crippen molar-refractivity contribution in [1.82, 2.24) is 0 Å². The van der Waals surface area contributed by atoms with E-state index in [2.05, 4.69) is 4.74 Å². The first-order valence-electron chi connectivity index (χ1n) is 6.52. The Morgan fingerprint density at radius 1 is 0.864 bits per heavy atom. The van der Waals surface area contributed by atoms with Crippen LogP contribution < -0.4 is 14.2 Å². The average molecular weight is 300 g/mol. The van der Waals surface area contributed by atoms with Gasteiger partial charge in [-0.1, -0.05) is 24.3 Å². The zero-order valence-corrected chi connectivity index (χ0v) is 12.3. The van der Waals surface area contributed by atoms with E-state index in [-0.39, 0.29) is 5.75 Å². The van der Waals surface area contributed by atoms with Crippen LogP contribution in [0.5, 0.6) is 17.2 Å². The van der Waals surface area contributed by atoms with E-state index in [1.54, 1.807) is 44.6 Å². The smallest absolute Gasteiger partial charge is 0.497 e. The van der Waals surface area contributed by atoms with Crippen LogP contribution >= 0.6 is 0 Å². The maximum atomic E-state index is 10.4. The highest BCUT2D eigenvalue weighted by Crippen LogP contribution is 2.24. The zero-order chi connectivity index (χ0) is 15.9. The molecule has 0 spiro atoms. The molecule has 1 N–H and O–H groups in total. The van der Waals surface area contributed by atoms with Crippen molar-refractivity contribution < 1.29 is 24.1 Å². The lowest BCUT2D eigenvalue weighted by molar-refractivity contribution is 0.144. The Morgan fingerprint density at radius 2 is 1.41 bits per heavy atom. The highest BCUT2D eigenvalue weighted by Gasteiger charge is 2.01. The molecular weight excluding hydrogens is 284 g/mol. The van der Waals surface area contributed by atoms with E-state index in [1.165, 1.54) is 0 Å². The standard InChI is InChI=1S/C17H16O5/c1-20-15-9-13(10-16(11-15)21-2)4-3-12-5-7-14(8-6-12)22-17(18)19/h3-11H,1-2H3,(H,18,19). The van der Waals surface area contributed by atoms with E-state index in [9.17, 15) is 4.79 Å². The van der Waals surface area contributed by atoms with Crippen LogP contribution in [0.15, 0.2) is 42.5 Å². The number of hydrogen-bond donors (Lipinski definition) is 1. The lowest BCUT2D eigenvalue weighted by Gasteiger charge is -2.05. The Kier molecular flexibility index (Phi) is 5.03. The van der Waals surface area contributed by atoms with Gasteiger partial charge in [0, 0.05) is 6.07 Å². The summed E-state index contributed by atoms with van der Waals surface area (Å²) in [6.45, 7) is 0. The summed E-state index contributed by atoms with van der Waals surface area (Å²) in [4.78, 5) is 10.4. The summed E-state index contributed by atoms with van der Waals surface area (Å²) in [6, 6.07) is 12.3. The Hall–Kier alpha value is -2.95. The maximum Gasteiger partial charge on any atom is 0.511 e. The van der Waals surface area contributed by atoms with Gasteiger partial charge in [0.2, 0.25) is 0 Å². The van der Waals surface area contributed by atoms with Crippen molar-refractivity contribution in [3.05, 3.63) is 53.6 Å². The minimum absolute atomic E-state index is 0.285. The summed E-state index contributed by atoms with van der Waals surface area (Å²) in [5.41, 5.74) is 1.85. The molecule has 114 valence electrons. The molecule has 0 radical (unpaired) electrons. The number of carboxylic acid groups (broad SMARTS) is 1. The van der Waals surface area contributed by atoms with Crippen LogP contribution in [0, 0.1) is 0 Å². The van der Waals surface area contributed by atoms with E-state index in [1.807, 2.05) is 24.3 Å². The third kappa shape index (κ3) is 4.28. The Labute approximate surface area is 128 Å². The second-order valence-corrected chi connectivity index (χ2v) is 4.42. The molecule has 0 saturated carbocycles. The first kappa shape index (κ1) is 15.4. The van der Waals surface area contributed by atoms with Crippen molar-refractivity contribution in [3.8, 4) is 17.2 Å². The molecule has 0 amide bonds. The normalized spacial score (nSPS) is 10.5. The molecule has 5 nitrogen and oxygen atoms in total. The maximum absolute atomic E-state index is 10.4. The molecule has 5 heteroatoms. The summed E-state index contributed by atoms with van der Waals surface area (Å²) in [6.07, 6.45) is 2.49. The summed E-state index contributed by atoms with van der Waals surface area (Å²) in [5.74, 6) is 1.71. The molecule has 0 aliphatic heterocycles. The monoisotopic (exact) mass is 300 g/mol. The molecule has 22 heavy (non-hydrogen) atoms. The molecule has 2 rings (SSSR count). The fraction of sp³-hybridized carbons (Fsp3) is 0.118. The molecule has 0 aliphatic rings. The average Bonchev–Trinajstić information content (AvgIpc) is 2.53. The number of benzene rings is 2. The van der Waals surface area contributed by atoms with Gasteiger partial charge >= 0.3 is 6.16 Å².